The minimum absolute atomic E-state index is 0.0652. The topological polar surface area (TPSA) is 61.8 Å². The number of carbonyl (C=O) groups is 2. The summed E-state index contributed by atoms with van der Waals surface area (Å²) in [6.45, 7) is 5.51. The fraction of sp³-hybridized carbons (Fsp3) is 0.909. The molecule has 2 fully saturated rings. The van der Waals surface area contributed by atoms with Gasteiger partial charge < -0.3 is 14.2 Å². The van der Waals surface area contributed by atoms with E-state index in [1.807, 2.05) is 0 Å². The Morgan fingerprint density at radius 1 is 0.750 bits per heavy atom. The van der Waals surface area contributed by atoms with Crippen LogP contribution in [0.5, 0.6) is 0 Å². The predicted molar refractivity (Wildman–Crippen MR) is 105 cm³/mol. The summed E-state index contributed by atoms with van der Waals surface area (Å²) < 4.78 is 137. The Bertz CT molecular complexity index is 814. The van der Waals surface area contributed by atoms with Crippen LogP contribution >= 0.6 is 0 Å². The quantitative estimate of drug-likeness (QED) is 0.263. The summed E-state index contributed by atoms with van der Waals surface area (Å²) in [5, 5.41) is 0. The molecule has 0 heterocycles. The van der Waals surface area contributed by atoms with Crippen LogP contribution in [-0.2, 0) is 19.0 Å². The van der Waals surface area contributed by atoms with E-state index in [-0.39, 0.29) is 19.3 Å². The molecule has 0 N–H and O–H groups in total. The minimum Gasteiger partial charge on any atom is -0.461 e. The van der Waals surface area contributed by atoms with Crippen molar-refractivity contribution >= 4 is 12.1 Å². The van der Waals surface area contributed by atoms with Crippen LogP contribution < -0.4 is 0 Å². The molecule has 0 aromatic rings. The van der Waals surface area contributed by atoms with Crippen LogP contribution in [0.2, 0.25) is 0 Å². The molecule has 0 radical (unpaired) electrons. The number of carbonyl (C=O) groups excluding carboxylic acids is 2. The van der Waals surface area contributed by atoms with Crippen LogP contribution in [0.3, 0.4) is 0 Å². The third-order valence-electron chi connectivity index (χ3n) is 7.09. The number of esters is 1. The zero-order valence-corrected chi connectivity index (χ0v) is 20.3. The van der Waals surface area contributed by atoms with Gasteiger partial charge in [-0.1, -0.05) is 6.92 Å². The Balaban J connectivity index is 2.22. The van der Waals surface area contributed by atoms with E-state index >= 15 is 0 Å². The summed E-state index contributed by atoms with van der Waals surface area (Å²) in [4.78, 5) is 24.2. The molecule has 2 aliphatic rings. The molecule has 2 saturated carbocycles. The second-order valence-electron chi connectivity index (χ2n) is 10.7. The molecule has 14 heteroatoms. The molecule has 0 aliphatic heterocycles. The van der Waals surface area contributed by atoms with E-state index in [2.05, 4.69) is 9.47 Å². The smallest absolute Gasteiger partial charge is 0.461 e. The van der Waals surface area contributed by atoms with Crippen LogP contribution in [0.4, 0.5) is 44.3 Å². The van der Waals surface area contributed by atoms with Gasteiger partial charge in [-0.2, -0.15) is 39.5 Å². The van der Waals surface area contributed by atoms with Crippen LogP contribution in [0.1, 0.15) is 66.7 Å². The van der Waals surface area contributed by atoms with Crippen molar-refractivity contribution in [1.82, 2.24) is 0 Å². The van der Waals surface area contributed by atoms with E-state index < -0.39 is 84.0 Å². The molecule has 0 saturated heterocycles. The van der Waals surface area contributed by atoms with Crippen molar-refractivity contribution in [1.29, 1.82) is 0 Å². The fourth-order valence-electron chi connectivity index (χ4n) is 4.80. The number of hydrogen-bond acceptors (Lipinski definition) is 5. The van der Waals surface area contributed by atoms with Gasteiger partial charge >= 0.3 is 36.3 Å². The first-order valence-electron chi connectivity index (χ1n) is 11.3. The van der Waals surface area contributed by atoms with E-state index in [9.17, 15) is 49.1 Å². The SMILES string of the molecule is CCC(C)(C(=O)OC1CC2CC1CC2CC(OC(=O)OC(C)(C)C)(C(F)(F)F)C(F)(F)F)C(F)(F)F. The second-order valence-corrected chi connectivity index (χ2v) is 10.7. The normalized spacial score (nSPS) is 26.9. The first-order valence-corrected chi connectivity index (χ1v) is 11.3. The van der Waals surface area contributed by atoms with E-state index in [4.69, 9.17) is 4.74 Å². The first-order chi connectivity index (χ1) is 16.0. The van der Waals surface area contributed by atoms with Crippen molar-refractivity contribution < 1.29 is 63.3 Å². The highest BCUT2D eigenvalue weighted by molar-refractivity contribution is 5.77. The lowest BCUT2D eigenvalue weighted by Crippen LogP contribution is -2.61. The highest BCUT2D eigenvalue weighted by Crippen LogP contribution is 2.58. The second kappa shape index (κ2) is 9.45. The average molecular weight is 544 g/mol. The van der Waals surface area contributed by atoms with Crippen molar-refractivity contribution in [3.63, 3.8) is 0 Å². The molecule has 0 spiro atoms. The Morgan fingerprint density at radius 3 is 1.64 bits per heavy atom. The van der Waals surface area contributed by atoms with E-state index in [1.165, 1.54) is 20.8 Å². The van der Waals surface area contributed by atoms with Gasteiger partial charge in [-0.3, -0.25) is 4.79 Å². The van der Waals surface area contributed by atoms with Crippen LogP contribution in [-0.4, -0.2) is 48.0 Å². The van der Waals surface area contributed by atoms with Gasteiger partial charge in [0.1, 0.15) is 11.7 Å². The maximum atomic E-state index is 13.9. The molecular formula is C22H29F9O5. The Kier molecular flexibility index (Phi) is 7.96. The van der Waals surface area contributed by atoms with Gasteiger partial charge in [0.15, 0.2) is 5.41 Å². The third kappa shape index (κ3) is 5.81. The number of rotatable bonds is 6. The number of fused-ring (bicyclic) bond motifs is 2. The molecule has 5 atom stereocenters. The van der Waals surface area contributed by atoms with Crippen molar-refractivity contribution in [2.75, 3.05) is 0 Å². The van der Waals surface area contributed by atoms with Crippen molar-refractivity contribution in [2.24, 2.45) is 23.2 Å². The van der Waals surface area contributed by atoms with Crippen molar-refractivity contribution in [3.05, 3.63) is 0 Å². The average Bonchev–Trinajstić information content (AvgIpc) is 3.22. The summed E-state index contributed by atoms with van der Waals surface area (Å²) >= 11 is 0. The number of halogens is 9. The van der Waals surface area contributed by atoms with Gasteiger partial charge in [0.05, 0.1) is 0 Å². The lowest BCUT2D eigenvalue weighted by atomic mass is 9.78. The molecule has 5 unspecified atom stereocenters. The predicted octanol–water partition coefficient (Wildman–Crippen LogP) is 7.13. The van der Waals surface area contributed by atoms with E-state index in [0.717, 1.165) is 6.92 Å². The van der Waals surface area contributed by atoms with E-state index in [1.54, 1.807) is 0 Å². The van der Waals surface area contributed by atoms with E-state index in [0.29, 0.717) is 6.92 Å². The van der Waals surface area contributed by atoms with Gasteiger partial charge in [0.25, 0.3) is 0 Å². The first kappa shape index (κ1) is 30.3. The highest BCUT2D eigenvalue weighted by atomic mass is 19.4. The largest absolute Gasteiger partial charge is 0.510 e. The van der Waals surface area contributed by atoms with Crippen molar-refractivity contribution in [3.8, 4) is 0 Å². The molecule has 210 valence electrons. The molecule has 0 aromatic heterocycles. The van der Waals surface area contributed by atoms with Gasteiger partial charge in [0.2, 0.25) is 0 Å². The lowest BCUT2D eigenvalue weighted by molar-refractivity contribution is -0.374. The fourth-order valence-corrected chi connectivity index (χ4v) is 4.80. The summed E-state index contributed by atoms with van der Waals surface area (Å²) in [6, 6.07) is 0. The van der Waals surface area contributed by atoms with Crippen LogP contribution in [0.15, 0.2) is 0 Å². The highest BCUT2D eigenvalue weighted by Gasteiger charge is 2.75. The minimum atomic E-state index is -6.04. The van der Waals surface area contributed by atoms with Gasteiger partial charge in [-0.05, 0) is 71.1 Å². The van der Waals surface area contributed by atoms with Gasteiger partial charge in [-0.15, -0.1) is 0 Å². The number of ether oxygens (including phenoxy) is 3. The number of hydrogen-bond donors (Lipinski definition) is 0. The molecule has 36 heavy (non-hydrogen) atoms. The summed E-state index contributed by atoms with van der Waals surface area (Å²) in [7, 11) is 0. The van der Waals surface area contributed by atoms with Crippen LogP contribution in [0, 0.1) is 23.2 Å². The van der Waals surface area contributed by atoms with Gasteiger partial charge in [0, 0.05) is 6.42 Å². The zero-order valence-electron chi connectivity index (χ0n) is 20.3. The molecular weight excluding hydrogens is 515 g/mol. The Morgan fingerprint density at radius 2 is 1.28 bits per heavy atom. The zero-order chi connectivity index (χ0) is 28.1. The molecule has 2 aliphatic carbocycles. The molecule has 2 rings (SSSR count). The van der Waals surface area contributed by atoms with Crippen LogP contribution in [0.25, 0.3) is 0 Å². The Labute approximate surface area is 202 Å². The Hall–Kier alpha value is -1.89. The lowest BCUT2D eigenvalue weighted by Gasteiger charge is -2.40. The third-order valence-corrected chi connectivity index (χ3v) is 7.09. The maximum Gasteiger partial charge on any atom is 0.510 e. The van der Waals surface area contributed by atoms with Gasteiger partial charge in [-0.25, -0.2) is 4.79 Å². The molecule has 0 aromatic carbocycles. The summed E-state index contributed by atoms with van der Waals surface area (Å²) in [5.41, 5.74) is -9.06. The maximum absolute atomic E-state index is 13.9. The monoisotopic (exact) mass is 544 g/mol. The van der Waals surface area contributed by atoms with Crippen molar-refractivity contribution in [2.45, 2.75) is 103 Å². The summed E-state index contributed by atoms with van der Waals surface area (Å²) in [5.74, 6) is -4.31. The number of alkyl halides is 9. The molecule has 5 nitrogen and oxygen atoms in total. The summed E-state index contributed by atoms with van der Waals surface area (Å²) in [6.07, 6.45) is -22.8. The molecule has 0 amide bonds. The standard InChI is InChI=1S/C22H29F9O5/c1-6-18(5,20(23,24)25)15(32)34-14-9-11-7-12(14)8-13(11)10-19(21(26,27)28,22(29,30)31)36-16(33)35-17(2,3)4/h11-14H,6-10H2,1-5H3. The molecule has 2 bridgehead atoms.